The highest BCUT2D eigenvalue weighted by Gasteiger charge is 2.15. The molecule has 0 fully saturated rings. The summed E-state index contributed by atoms with van der Waals surface area (Å²) in [6.07, 6.45) is 2.60. The van der Waals surface area contributed by atoms with E-state index >= 15 is 0 Å². The quantitative estimate of drug-likeness (QED) is 0.821. The molecule has 1 heterocycles. The molecule has 0 aliphatic carbocycles. The molecule has 2 N–H and O–H groups in total. The van der Waals surface area contributed by atoms with Gasteiger partial charge in [0.2, 0.25) is 0 Å². The van der Waals surface area contributed by atoms with Gasteiger partial charge in [0.1, 0.15) is 5.82 Å². The van der Waals surface area contributed by atoms with E-state index in [9.17, 15) is 8.42 Å². The molecule has 0 amide bonds. The number of halogens is 1. The van der Waals surface area contributed by atoms with Gasteiger partial charge in [0.25, 0.3) is 10.0 Å². The fraction of sp³-hybridized carbons (Fsp3) is 0.312. The van der Waals surface area contributed by atoms with Crippen LogP contribution < -0.4 is 10.0 Å². The number of hydrogen-bond acceptors (Lipinski definition) is 4. The SMILES string of the molecule is CCC(C)Nc1ccc(NS(=O)(=O)c2ccc(Cl)c(C)c2)nc1. The van der Waals surface area contributed by atoms with Crippen molar-refractivity contribution in [3.05, 3.63) is 47.1 Å². The molecule has 23 heavy (non-hydrogen) atoms. The molecule has 1 unspecified atom stereocenters. The van der Waals surface area contributed by atoms with E-state index in [1.807, 2.05) is 0 Å². The Bertz CT molecular complexity index is 776. The van der Waals surface area contributed by atoms with Crippen LogP contribution in [0.2, 0.25) is 5.02 Å². The lowest BCUT2D eigenvalue weighted by Gasteiger charge is -2.13. The van der Waals surface area contributed by atoms with E-state index in [0.717, 1.165) is 12.1 Å². The van der Waals surface area contributed by atoms with Crippen molar-refractivity contribution in [3.63, 3.8) is 0 Å². The van der Waals surface area contributed by atoms with Gasteiger partial charge in [0.15, 0.2) is 0 Å². The summed E-state index contributed by atoms with van der Waals surface area (Å²) in [6, 6.07) is 8.32. The summed E-state index contributed by atoms with van der Waals surface area (Å²) in [5, 5.41) is 3.80. The van der Waals surface area contributed by atoms with E-state index in [-0.39, 0.29) is 10.7 Å². The molecule has 2 aromatic rings. The van der Waals surface area contributed by atoms with Crippen molar-refractivity contribution >= 4 is 33.1 Å². The van der Waals surface area contributed by atoms with Gasteiger partial charge in [-0.1, -0.05) is 18.5 Å². The zero-order chi connectivity index (χ0) is 17.0. The highest BCUT2D eigenvalue weighted by atomic mass is 35.5. The van der Waals surface area contributed by atoms with Crippen molar-refractivity contribution in [1.29, 1.82) is 0 Å². The topological polar surface area (TPSA) is 71.1 Å². The molecule has 5 nitrogen and oxygen atoms in total. The van der Waals surface area contributed by atoms with Crippen LogP contribution in [0.3, 0.4) is 0 Å². The molecule has 0 aliphatic heterocycles. The molecule has 2 rings (SSSR count). The molecule has 0 saturated heterocycles. The fourth-order valence-electron chi connectivity index (χ4n) is 1.91. The number of benzene rings is 1. The third kappa shape index (κ3) is 4.59. The molecule has 0 bridgehead atoms. The summed E-state index contributed by atoms with van der Waals surface area (Å²) >= 11 is 5.93. The van der Waals surface area contributed by atoms with E-state index in [1.165, 1.54) is 12.1 Å². The predicted molar refractivity (Wildman–Crippen MR) is 94.6 cm³/mol. The number of pyridine rings is 1. The van der Waals surface area contributed by atoms with Gasteiger partial charge in [0.05, 0.1) is 16.8 Å². The Labute approximate surface area is 142 Å². The first-order valence-corrected chi connectivity index (χ1v) is 9.19. The van der Waals surface area contributed by atoms with Crippen LogP contribution >= 0.6 is 11.6 Å². The zero-order valence-corrected chi connectivity index (χ0v) is 14.9. The summed E-state index contributed by atoms with van der Waals surface area (Å²) in [5.41, 5.74) is 1.56. The van der Waals surface area contributed by atoms with Crippen LogP contribution in [0.1, 0.15) is 25.8 Å². The number of nitrogens with zero attached hydrogens (tertiary/aromatic N) is 1. The molecular formula is C16H20ClN3O2S. The maximum absolute atomic E-state index is 12.4. The first-order valence-electron chi connectivity index (χ1n) is 7.33. The second-order valence-corrected chi connectivity index (χ2v) is 7.49. The Morgan fingerprint density at radius 2 is 2.00 bits per heavy atom. The summed E-state index contributed by atoms with van der Waals surface area (Å²) in [5.74, 6) is 0.271. The smallest absolute Gasteiger partial charge is 0.263 e. The molecule has 0 radical (unpaired) electrons. The Hall–Kier alpha value is -1.79. The van der Waals surface area contributed by atoms with Crippen molar-refractivity contribution in [3.8, 4) is 0 Å². The third-order valence-electron chi connectivity index (χ3n) is 3.47. The standard InChI is InChI=1S/C16H20ClN3O2S/c1-4-12(3)19-13-5-8-16(18-10-13)20-23(21,22)14-6-7-15(17)11(2)9-14/h5-10,12,19H,4H2,1-3H3,(H,18,20). The highest BCUT2D eigenvalue weighted by molar-refractivity contribution is 7.92. The van der Waals surface area contributed by atoms with Crippen molar-refractivity contribution in [2.75, 3.05) is 10.0 Å². The van der Waals surface area contributed by atoms with E-state index in [1.54, 1.807) is 31.3 Å². The molecule has 1 aromatic carbocycles. The van der Waals surface area contributed by atoms with Crippen LogP contribution in [0.25, 0.3) is 0 Å². The minimum atomic E-state index is -3.68. The maximum Gasteiger partial charge on any atom is 0.263 e. The summed E-state index contributed by atoms with van der Waals surface area (Å²) in [6.45, 7) is 5.91. The van der Waals surface area contributed by atoms with Gasteiger partial charge in [-0.05, 0) is 56.2 Å². The van der Waals surface area contributed by atoms with Crippen LogP contribution in [0.15, 0.2) is 41.4 Å². The lowest BCUT2D eigenvalue weighted by molar-refractivity contribution is 0.601. The van der Waals surface area contributed by atoms with Crippen LogP contribution in [0.4, 0.5) is 11.5 Å². The number of hydrogen-bond donors (Lipinski definition) is 2. The van der Waals surface area contributed by atoms with Crippen molar-refractivity contribution in [2.24, 2.45) is 0 Å². The van der Waals surface area contributed by atoms with Crippen molar-refractivity contribution < 1.29 is 8.42 Å². The van der Waals surface area contributed by atoms with Gasteiger partial charge >= 0.3 is 0 Å². The number of rotatable bonds is 6. The summed E-state index contributed by atoms with van der Waals surface area (Å²) in [4.78, 5) is 4.29. The Morgan fingerprint density at radius 1 is 1.26 bits per heavy atom. The third-order valence-corrected chi connectivity index (χ3v) is 5.24. The molecule has 1 aromatic heterocycles. The molecule has 0 aliphatic rings. The van der Waals surface area contributed by atoms with Gasteiger partial charge in [-0.3, -0.25) is 4.72 Å². The van der Waals surface area contributed by atoms with E-state index in [4.69, 9.17) is 11.6 Å². The number of nitrogens with one attached hydrogen (secondary N) is 2. The van der Waals surface area contributed by atoms with Crippen molar-refractivity contribution in [1.82, 2.24) is 4.98 Å². The zero-order valence-electron chi connectivity index (χ0n) is 13.3. The van der Waals surface area contributed by atoms with Crippen molar-refractivity contribution in [2.45, 2.75) is 38.1 Å². The first-order chi connectivity index (χ1) is 10.8. The number of sulfonamides is 1. The summed E-state index contributed by atoms with van der Waals surface area (Å²) < 4.78 is 27.2. The number of aryl methyl sites for hydroxylation is 1. The second-order valence-electron chi connectivity index (χ2n) is 5.40. The molecular weight excluding hydrogens is 334 g/mol. The normalized spacial score (nSPS) is 12.7. The van der Waals surface area contributed by atoms with Gasteiger partial charge in [-0.2, -0.15) is 0 Å². The number of aromatic nitrogens is 1. The molecule has 1 atom stereocenters. The average molecular weight is 354 g/mol. The fourth-order valence-corrected chi connectivity index (χ4v) is 3.12. The lowest BCUT2D eigenvalue weighted by Crippen LogP contribution is -2.15. The molecule has 0 saturated carbocycles. The van der Waals surface area contributed by atoms with E-state index in [2.05, 4.69) is 28.9 Å². The largest absolute Gasteiger partial charge is 0.381 e. The summed E-state index contributed by atoms with van der Waals surface area (Å²) in [7, 11) is -3.68. The van der Waals surface area contributed by atoms with Gasteiger partial charge in [0, 0.05) is 11.1 Å². The molecule has 0 spiro atoms. The second kappa shape index (κ2) is 7.19. The minimum Gasteiger partial charge on any atom is -0.381 e. The molecule has 7 heteroatoms. The number of anilines is 2. The average Bonchev–Trinajstić information content (AvgIpc) is 2.51. The monoisotopic (exact) mass is 353 g/mol. The first kappa shape index (κ1) is 17.6. The van der Waals surface area contributed by atoms with E-state index < -0.39 is 10.0 Å². The predicted octanol–water partition coefficient (Wildman–Crippen LogP) is 4.05. The van der Waals surface area contributed by atoms with Crippen LogP contribution in [0, 0.1) is 6.92 Å². The van der Waals surface area contributed by atoms with Gasteiger partial charge < -0.3 is 5.32 Å². The van der Waals surface area contributed by atoms with E-state index in [0.29, 0.717) is 16.6 Å². The Morgan fingerprint density at radius 3 is 2.57 bits per heavy atom. The Balaban J connectivity index is 2.15. The minimum absolute atomic E-state index is 0.156. The Kier molecular flexibility index (Phi) is 5.49. The lowest BCUT2D eigenvalue weighted by atomic mass is 10.2. The molecule has 124 valence electrons. The van der Waals surface area contributed by atoms with Gasteiger partial charge in [-0.15, -0.1) is 0 Å². The highest BCUT2D eigenvalue weighted by Crippen LogP contribution is 2.21. The van der Waals surface area contributed by atoms with Crippen LogP contribution in [0.5, 0.6) is 0 Å². The maximum atomic E-state index is 12.4. The van der Waals surface area contributed by atoms with Crippen LogP contribution in [-0.2, 0) is 10.0 Å². The van der Waals surface area contributed by atoms with Crippen LogP contribution in [-0.4, -0.2) is 19.4 Å². The van der Waals surface area contributed by atoms with Gasteiger partial charge in [-0.25, -0.2) is 13.4 Å².